The summed E-state index contributed by atoms with van der Waals surface area (Å²) in [4.78, 5) is 23.9. The summed E-state index contributed by atoms with van der Waals surface area (Å²) >= 11 is 0. The van der Waals surface area contributed by atoms with Gasteiger partial charge in [-0.25, -0.2) is 0 Å². The predicted molar refractivity (Wildman–Crippen MR) is 92.3 cm³/mol. The number of benzene rings is 2. The molecule has 0 aliphatic heterocycles. The summed E-state index contributed by atoms with van der Waals surface area (Å²) in [6.07, 6.45) is 1.35. The maximum Gasteiger partial charge on any atom is 0.255 e. The van der Waals surface area contributed by atoms with E-state index < -0.39 is 0 Å². The van der Waals surface area contributed by atoms with Gasteiger partial charge in [-0.2, -0.15) is 0 Å². The van der Waals surface area contributed by atoms with E-state index in [2.05, 4.69) is 10.6 Å². The fourth-order valence-electron chi connectivity index (χ4n) is 2.30. The van der Waals surface area contributed by atoms with Crippen LogP contribution in [-0.4, -0.2) is 11.8 Å². The van der Waals surface area contributed by atoms with Crippen molar-refractivity contribution < 1.29 is 9.59 Å². The van der Waals surface area contributed by atoms with Gasteiger partial charge in [0.2, 0.25) is 5.91 Å². The lowest BCUT2D eigenvalue weighted by molar-refractivity contribution is -0.121. The molecule has 0 saturated heterocycles. The fraction of sp³-hybridized carbons (Fsp3) is 0.263. The number of carbonyl (C=O) groups is 2. The molecular weight excluding hydrogens is 288 g/mol. The zero-order valence-corrected chi connectivity index (χ0v) is 13.5. The standard InChI is InChI=1S/C19H22N2O2/c1-3-8-18(22)20-14(2)16-11-7-12-17(13-16)21-19(23)15-9-5-4-6-10-15/h4-7,9-14H,3,8H2,1-2H3,(H,20,22)(H,21,23). The Bertz CT molecular complexity index is 668. The van der Waals surface area contributed by atoms with Crippen LogP contribution in [0.5, 0.6) is 0 Å². The number of carbonyl (C=O) groups excluding carboxylic acids is 2. The van der Waals surface area contributed by atoms with Crippen LogP contribution in [0.3, 0.4) is 0 Å². The maximum atomic E-state index is 12.2. The molecule has 0 saturated carbocycles. The molecule has 2 rings (SSSR count). The van der Waals surface area contributed by atoms with Crippen LogP contribution in [0.25, 0.3) is 0 Å². The average Bonchev–Trinajstić information content (AvgIpc) is 2.56. The van der Waals surface area contributed by atoms with Crippen LogP contribution in [0.4, 0.5) is 5.69 Å². The quantitative estimate of drug-likeness (QED) is 0.849. The van der Waals surface area contributed by atoms with Crippen molar-refractivity contribution in [3.8, 4) is 0 Å². The Hall–Kier alpha value is -2.62. The molecule has 0 aromatic heterocycles. The van der Waals surface area contributed by atoms with Crippen LogP contribution in [0, 0.1) is 0 Å². The molecule has 0 aliphatic rings. The van der Waals surface area contributed by atoms with Gasteiger partial charge in [-0.15, -0.1) is 0 Å². The third kappa shape index (κ3) is 4.95. The molecule has 0 heterocycles. The molecule has 23 heavy (non-hydrogen) atoms. The second kappa shape index (κ2) is 8.13. The van der Waals surface area contributed by atoms with Crippen molar-refractivity contribution in [3.05, 3.63) is 65.7 Å². The van der Waals surface area contributed by atoms with Gasteiger partial charge >= 0.3 is 0 Å². The van der Waals surface area contributed by atoms with E-state index in [1.165, 1.54) is 0 Å². The van der Waals surface area contributed by atoms with Crippen molar-refractivity contribution in [2.75, 3.05) is 5.32 Å². The Kier molecular flexibility index (Phi) is 5.92. The Morgan fingerprint density at radius 2 is 1.78 bits per heavy atom. The lowest BCUT2D eigenvalue weighted by atomic mass is 10.1. The van der Waals surface area contributed by atoms with Crippen LogP contribution >= 0.6 is 0 Å². The number of hydrogen-bond donors (Lipinski definition) is 2. The summed E-state index contributed by atoms with van der Waals surface area (Å²) in [5.41, 5.74) is 2.29. The van der Waals surface area contributed by atoms with Crippen LogP contribution < -0.4 is 10.6 Å². The maximum absolute atomic E-state index is 12.2. The second-order valence-electron chi connectivity index (χ2n) is 5.48. The summed E-state index contributed by atoms with van der Waals surface area (Å²) in [5, 5.41) is 5.84. The highest BCUT2D eigenvalue weighted by atomic mass is 16.2. The molecule has 0 bridgehead atoms. The van der Waals surface area contributed by atoms with Crippen molar-refractivity contribution in [3.63, 3.8) is 0 Å². The molecule has 1 atom stereocenters. The molecule has 1 unspecified atom stereocenters. The summed E-state index contributed by atoms with van der Waals surface area (Å²) < 4.78 is 0. The Morgan fingerprint density at radius 1 is 1.04 bits per heavy atom. The van der Waals surface area contributed by atoms with Gasteiger partial charge in [-0.1, -0.05) is 37.3 Å². The van der Waals surface area contributed by atoms with E-state index in [0.29, 0.717) is 17.7 Å². The van der Waals surface area contributed by atoms with E-state index in [-0.39, 0.29) is 17.9 Å². The highest BCUT2D eigenvalue weighted by Gasteiger charge is 2.10. The molecule has 4 heteroatoms. The van der Waals surface area contributed by atoms with Crippen molar-refractivity contribution in [2.45, 2.75) is 32.7 Å². The third-order valence-corrected chi connectivity index (χ3v) is 3.54. The lowest BCUT2D eigenvalue weighted by Gasteiger charge is -2.15. The van der Waals surface area contributed by atoms with Crippen LogP contribution in [0.2, 0.25) is 0 Å². The molecule has 4 nitrogen and oxygen atoms in total. The first-order valence-corrected chi connectivity index (χ1v) is 7.86. The van der Waals surface area contributed by atoms with Gasteiger partial charge in [0.05, 0.1) is 6.04 Å². The Labute approximate surface area is 136 Å². The number of anilines is 1. The first-order valence-electron chi connectivity index (χ1n) is 7.86. The molecule has 2 amide bonds. The monoisotopic (exact) mass is 310 g/mol. The first kappa shape index (κ1) is 16.7. The number of hydrogen-bond acceptors (Lipinski definition) is 2. The van der Waals surface area contributed by atoms with Crippen molar-refractivity contribution in [1.82, 2.24) is 5.32 Å². The highest BCUT2D eigenvalue weighted by molar-refractivity contribution is 6.04. The molecule has 2 aromatic rings. The average molecular weight is 310 g/mol. The van der Waals surface area contributed by atoms with E-state index >= 15 is 0 Å². The van der Waals surface area contributed by atoms with Gasteiger partial charge in [0.15, 0.2) is 0 Å². The molecule has 2 aromatic carbocycles. The highest BCUT2D eigenvalue weighted by Crippen LogP contribution is 2.18. The number of nitrogens with one attached hydrogen (secondary N) is 2. The van der Waals surface area contributed by atoms with E-state index in [1.807, 2.05) is 56.3 Å². The van der Waals surface area contributed by atoms with Crippen molar-refractivity contribution in [1.29, 1.82) is 0 Å². The SMILES string of the molecule is CCCC(=O)NC(C)c1cccc(NC(=O)c2ccccc2)c1. The normalized spacial score (nSPS) is 11.6. The minimum atomic E-state index is -0.148. The van der Waals surface area contributed by atoms with Gasteiger partial charge < -0.3 is 10.6 Å². The minimum absolute atomic E-state index is 0.0405. The van der Waals surface area contributed by atoms with Gasteiger partial charge in [-0.05, 0) is 43.2 Å². The van der Waals surface area contributed by atoms with Gasteiger partial charge in [0.1, 0.15) is 0 Å². The van der Waals surface area contributed by atoms with E-state index in [1.54, 1.807) is 12.1 Å². The number of amides is 2. The molecule has 0 fully saturated rings. The molecular formula is C19H22N2O2. The Balaban J connectivity index is 2.05. The van der Waals surface area contributed by atoms with Crippen LogP contribution in [0.15, 0.2) is 54.6 Å². The van der Waals surface area contributed by atoms with Gasteiger partial charge in [-0.3, -0.25) is 9.59 Å². The van der Waals surface area contributed by atoms with Gasteiger partial charge in [0.25, 0.3) is 5.91 Å². The lowest BCUT2D eigenvalue weighted by Crippen LogP contribution is -2.26. The van der Waals surface area contributed by atoms with E-state index in [0.717, 1.165) is 12.0 Å². The van der Waals surface area contributed by atoms with Crippen molar-refractivity contribution >= 4 is 17.5 Å². The molecule has 120 valence electrons. The molecule has 0 radical (unpaired) electrons. The molecule has 0 aliphatic carbocycles. The first-order chi connectivity index (χ1) is 11.1. The summed E-state index contributed by atoms with van der Waals surface area (Å²) in [7, 11) is 0. The van der Waals surface area contributed by atoms with Crippen molar-refractivity contribution in [2.24, 2.45) is 0 Å². The summed E-state index contributed by atoms with van der Waals surface area (Å²) in [5.74, 6) is -0.107. The van der Waals surface area contributed by atoms with E-state index in [4.69, 9.17) is 0 Å². The number of rotatable bonds is 6. The predicted octanol–water partition coefficient (Wildman–Crippen LogP) is 3.92. The third-order valence-electron chi connectivity index (χ3n) is 3.54. The smallest absolute Gasteiger partial charge is 0.255 e. The zero-order valence-electron chi connectivity index (χ0n) is 13.5. The summed E-state index contributed by atoms with van der Waals surface area (Å²) in [6, 6.07) is 16.5. The minimum Gasteiger partial charge on any atom is -0.350 e. The molecule has 0 spiro atoms. The van der Waals surface area contributed by atoms with Crippen LogP contribution in [-0.2, 0) is 4.79 Å². The largest absolute Gasteiger partial charge is 0.350 e. The summed E-state index contributed by atoms with van der Waals surface area (Å²) in [6.45, 7) is 3.91. The molecule has 2 N–H and O–H groups in total. The van der Waals surface area contributed by atoms with Crippen LogP contribution in [0.1, 0.15) is 48.7 Å². The second-order valence-corrected chi connectivity index (χ2v) is 5.48. The zero-order chi connectivity index (χ0) is 16.7. The van der Waals surface area contributed by atoms with Gasteiger partial charge in [0, 0.05) is 17.7 Å². The van der Waals surface area contributed by atoms with E-state index in [9.17, 15) is 9.59 Å². The fourth-order valence-corrected chi connectivity index (χ4v) is 2.30. The Morgan fingerprint density at radius 3 is 2.48 bits per heavy atom. The topological polar surface area (TPSA) is 58.2 Å².